The van der Waals surface area contributed by atoms with Gasteiger partial charge in [-0.1, -0.05) is 37.8 Å². The highest BCUT2D eigenvalue weighted by Gasteiger charge is 2.34. The predicted octanol–water partition coefficient (Wildman–Crippen LogP) is 4.77. The average Bonchev–Trinajstić information content (AvgIpc) is 3.46. The summed E-state index contributed by atoms with van der Waals surface area (Å²) in [4.78, 5) is 30.0. The average molecular weight is 440 g/mol. The number of nitrogens with zero attached hydrogens (tertiary/aromatic N) is 3. The van der Waals surface area contributed by atoms with Crippen molar-refractivity contribution >= 4 is 11.8 Å². The zero-order valence-electron chi connectivity index (χ0n) is 19.2. The second-order valence-electron chi connectivity index (χ2n) is 9.48. The molecule has 0 bridgehead atoms. The molecule has 1 fully saturated rings. The molecule has 1 aromatic heterocycles. The summed E-state index contributed by atoms with van der Waals surface area (Å²) in [7, 11) is 0. The summed E-state index contributed by atoms with van der Waals surface area (Å²) in [5.41, 5.74) is 1.72. The number of aromatic nitrogens is 1. The minimum Gasteiger partial charge on any atom is -0.348 e. The maximum absolute atomic E-state index is 14.0. The lowest BCUT2D eigenvalue weighted by molar-refractivity contribution is -0.143. The molecule has 2 heterocycles. The lowest BCUT2D eigenvalue weighted by Gasteiger charge is -2.39. The van der Waals surface area contributed by atoms with Crippen LogP contribution in [-0.2, 0) is 16.1 Å². The summed E-state index contributed by atoms with van der Waals surface area (Å²) in [6.45, 7) is 5.22. The molecule has 172 valence electrons. The monoisotopic (exact) mass is 439 g/mol. The van der Waals surface area contributed by atoms with Gasteiger partial charge in [0.15, 0.2) is 0 Å². The topological polar surface area (TPSA) is 45.6 Å². The SMILES string of the molecule is CC(C)N(CC(=O)N1CCn2cccc2C1c1cccc(F)c1)C(=O)CCC1CCCC1. The number of halogens is 1. The number of hydrogen-bond acceptors (Lipinski definition) is 2. The first-order chi connectivity index (χ1) is 15.4. The van der Waals surface area contributed by atoms with Gasteiger partial charge in [0.1, 0.15) is 12.4 Å². The molecule has 6 heteroatoms. The van der Waals surface area contributed by atoms with Crippen LogP contribution >= 0.6 is 0 Å². The van der Waals surface area contributed by atoms with Crippen LogP contribution in [0.15, 0.2) is 42.6 Å². The van der Waals surface area contributed by atoms with Crippen LogP contribution < -0.4 is 0 Å². The van der Waals surface area contributed by atoms with E-state index in [1.807, 2.05) is 43.1 Å². The van der Waals surface area contributed by atoms with Crippen LogP contribution in [0.25, 0.3) is 0 Å². The Kier molecular flexibility index (Phi) is 6.97. The minimum absolute atomic E-state index is 0.0451. The smallest absolute Gasteiger partial charge is 0.243 e. The van der Waals surface area contributed by atoms with Gasteiger partial charge < -0.3 is 14.4 Å². The van der Waals surface area contributed by atoms with Crippen LogP contribution in [0.3, 0.4) is 0 Å². The van der Waals surface area contributed by atoms with Gasteiger partial charge in [0.25, 0.3) is 0 Å². The molecule has 1 atom stereocenters. The number of carbonyl (C=O) groups is 2. The predicted molar refractivity (Wildman–Crippen MR) is 122 cm³/mol. The third-order valence-electron chi connectivity index (χ3n) is 7.01. The lowest BCUT2D eigenvalue weighted by atomic mass is 9.99. The molecule has 5 nitrogen and oxygen atoms in total. The van der Waals surface area contributed by atoms with Crippen molar-refractivity contribution < 1.29 is 14.0 Å². The van der Waals surface area contributed by atoms with Gasteiger partial charge >= 0.3 is 0 Å². The summed E-state index contributed by atoms with van der Waals surface area (Å²) in [5, 5.41) is 0. The molecular formula is C26H34FN3O2. The molecule has 1 aliphatic heterocycles. The maximum atomic E-state index is 14.0. The lowest BCUT2D eigenvalue weighted by Crippen LogP contribution is -2.49. The van der Waals surface area contributed by atoms with Gasteiger partial charge in [-0.2, -0.15) is 0 Å². The van der Waals surface area contributed by atoms with Crippen LogP contribution in [-0.4, -0.2) is 45.3 Å². The molecule has 2 aliphatic rings. The Hall–Kier alpha value is -2.63. The molecule has 0 N–H and O–H groups in total. The Bertz CT molecular complexity index is 948. The van der Waals surface area contributed by atoms with Crippen LogP contribution in [0, 0.1) is 11.7 Å². The van der Waals surface area contributed by atoms with Crippen molar-refractivity contribution in [2.75, 3.05) is 13.1 Å². The van der Waals surface area contributed by atoms with E-state index in [2.05, 4.69) is 4.57 Å². The Labute approximate surface area is 190 Å². The van der Waals surface area contributed by atoms with Crippen molar-refractivity contribution in [1.29, 1.82) is 0 Å². The number of fused-ring (bicyclic) bond motifs is 1. The number of amides is 2. The third kappa shape index (κ3) is 4.89. The molecule has 0 radical (unpaired) electrons. The normalized spacial score (nSPS) is 18.8. The van der Waals surface area contributed by atoms with E-state index in [1.165, 1.54) is 37.8 Å². The van der Waals surface area contributed by atoms with Gasteiger partial charge in [-0.25, -0.2) is 4.39 Å². The fraction of sp³-hybridized carbons (Fsp3) is 0.538. The summed E-state index contributed by atoms with van der Waals surface area (Å²) in [5.74, 6) is 0.304. The summed E-state index contributed by atoms with van der Waals surface area (Å²) in [6.07, 6.45) is 8.39. The van der Waals surface area contributed by atoms with Gasteiger partial charge in [0, 0.05) is 37.4 Å². The quantitative estimate of drug-likeness (QED) is 0.624. The van der Waals surface area contributed by atoms with E-state index in [1.54, 1.807) is 11.0 Å². The van der Waals surface area contributed by atoms with E-state index in [4.69, 9.17) is 0 Å². The molecule has 1 saturated carbocycles. The van der Waals surface area contributed by atoms with Crippen molar-refractivity contribution in [3.63, 3.8) is 0 Å². The highest BCUT2D eigenvalue weighted by Crippen LogP contribution is 2.33. The maximum Gasteiger partial charge on any atom is 0.243 e. The van der Waals surface area contributed by atoms with Crippen molar-refractivity contribution in [2.24, 2.45) is 5.92 Å². The number of carbonyl (C=O) groups excluding carboxylic acids is 2. The van der Waals surface area contributed by atoms with Gasteiger partial charge in [0.05, 0.1) is 6.04 Å². The van der Waals surface area contributed by atoms with Crippen LogP contribution in [0.4, 0.5) is 4.39 Å². The molecule has 32 heavy (non-hydrogen) atoms. The highest BCUT2D eigenvalue weighted by molar-refractivity contribution is 5.85. The Morgan fingerprint density at radius 3 is 2.62 bits per heavy atom. The van der Waals surface area contributed by atoms with Crippen LogP contribution in [0.1, 0.15) is 69.7 Å². The third-order valence-corrected chi connectivity index (χ3v) is 7.01. The molecule has 4 rings (SSSR count). The van der Waals surface area contributed by atoms with Crippen molar-refractivity contribution in [2.45, 2.75) is 71.0 Å². The van der Waals surface area contributed by atoms with Gasteiger partial charge in [-0.3, -0.25) is 9.59 Å². The highest BCUT2D eigenvalue weighted by atomic mass is 19.1. The first kappa shape index (κ1) is 22.6. The molecule has 0 spiro atoms. The van der Waals surface area contributed by atoms with Crippen molar-refractivity contribution in [1.82, 2.24) is 14.4 Å². The Balaban J connectivity index is 1.51. The molecular weight excluding hydrogens is 405 g/mol. The van der Waals surface area contributed by atoms with E-state index in [0.717, 1.165) is 17.7 Å². The molecule has 2 amide bonds. The number of benzene rings is 1. The minimum atomic E-state index is -0.357. The Morgan fingerprint density at radius 2 is 1.91 bits per heavy atom. The van der Waals surface area contributed by atoms with Crippen molar-refractivity contribution in [3.05, 3.63) is 59.7 Å². The standard InChI is InChI=1S/C26H34FN3O2/c1-19(2)30(24(31)13-12-20-7-3-4-8-20)18-25(32)29-16-15-28-14-6-11-23(28)26(29)21-9-5-10-22(27)17-21/h5-6,9-11,14,17,19-20,26H,3-4,7-8,12-13,15-16,18H2,1-2H3. The van der Waals surface area contributed by atoms with Gasteiger partial charge in [0.2, 0.25) is 11.8 Å². The number of rotatable bonds is 7. The van der Waals surface area contributed by atoms with E-state index < -0.39 is 0 Å². The Morgan fingerprint density at radius 1 is 1.12 bits per heavy atom. The van der Waals surface area contributed by atoms with Crippen LogP contribution in [0.2, 0.25) is 0 Å². The zero-order valence-corrected chi connectivity index (χ0v) is 19.2. The first-order valence-corrected chi connectivity index (χ1v) is 11.9. The van der Waals surface area contributed by atoms with Crippen LogP contribution in [0.5, 0.6) is 0 Å². The number of hydrogen-bond donors (Lipinski definition) is 0. The zero-order chi connectivity index (χ0) is 22.7. The molecule has 0 saturated heterocycles. The fourth-order valence-corrected chi connectivity index (χ4v) is 5.24. The van der Waals surface area contributed by atoms with E-state index in [-0.39, 0.29) is 36.3 Å². The molecule has 1 aromatic carbocycles. The van der Waals surface area contributed by atoms with Gasteiger partial charge in [-0.05, 0) is 56.0 Å². The van der Waals surface area contributed by atoms with E-state index in [9.17, 15) is 14.0 Å². The van der Waals surface area contributed by atoms with Crippen molar-refractivity contribution in [3.8, 4) is 0 Å². The first-order valence-electron chi connectivity index (χ1n) is 11.9. The summed E-state index contributed by atoms with van der Waals surface area (Å²) in [6, 6.07) is 10.0. The molecule has 1 aliphatic carbocycles. The second kappa shape index (κ2) is 9.88. The summed E-state index contributed by atoms with van der Waals surface area (Å²) >= 11 is 0. The molecule has 2 aromatic rings. The largest absolute Gasteiger partial charge is 0.348 e. The second-order valence-corrected chi connectivity index (χ2v) is 9.48. The summed E-state index contributed by atoms with van der Waals surface area (Å²) < 4.78 is 16.1. The molecule has 1 unspecified atom stereocenters. The fourth-order valence-electron chi connectivity index (χ4n) is 5.24. The van der Waals surface area contributed by atoms with E-state index >= 15 is 0 Å². The van der Waals surface area contributed by atoms with E-state index in [0.29, 0.717) is 25.4 Å². The van der Waals surface area contributed by atoms with Gasteiger partial charge in [-0.15, -0.1) is 0 Å².